The average molecular weight is 375 g/mol. The molecule has 1 aromatic heterocycles. The third-order valence-electron chi connectivity index (χ3n) is 4.69. The van der Waals surface area contributed by atoms with Crippen LogP contribution < -0.4 is 10.2 Å². The number of piperidine rings is 1. The number of benzene rings is 1. The van der Waals surface area contributed by atoms with E-state index in [-0.39, 0.29) is 12.5 Å². The van der Waals surface area contributed by atoms with Gasteiger partial charge in [-0.3, -0.25) is 4.79 Å². The summed E-state index contributed by atoms with van der Waals surface area (Å²) in [4.78, 5) is 18.5. The van der Waals surface area contributed by atoms with E-state index in [9.17, 15) is 4.79 Å². The van der Waals surface area contributed by atoms with Crippen LogP contribution in [-0.4, -0.2) is 48.6 Å². The fourth-order valence-electron chi connectivity index (χ4n) is 3.10. The molecule has 26 heavy (non-hydrogen) atoms. The predicted molar refractivity (Wildman–Crippen MR) is 104 cm³/mol. The molecule has 1 aromatic carbocycles. The van der Waals surface area contributed by atoms with Gasteiger partial charge in [-0.05, 0) is 31.2 Å². The topological polar surface area (TPSA) is 67.3 Å². The molecule has 1 N–H and O–H groups in total. The molecule has 1 aliphatic rings. The summed E-state index contributed by atoms with van der Waals surface area (Å²) < 4.78 is 9.36. The summed E-state index contributed by atoms with van der Waals surface area (Å²) in [5.41, 5.74) is 2.51. The van der Waals surface area contributed by atoms with Crippen LogP contribution in [0, 0.1) is 12.8 Å². The minimum Gasteiger partial charge on any atom is -0.375 e. The van der Waals surface area contributed by atoms with Gasteiger partial charge in [0.25, 0.3) is 0 Å². The van der Waals surface area contributed by atoms with Gasteiger partial charge in [0.05, 0.1) is 0 Å². The quantitative estimate of drug-likeness (QED) is 0.806. The number of carbonyl (C=O) groups is 1. The van der Waals surface area contributed by atoms with Crippen LogP contribution in [0.2, 0.25) is 0 Å². The number of nitrogens with one attached hydrogen (secondary N) is 1. The van der Waals surface area contributed by atoms with Gasteiger partial charge in [0, 0.05) is 44.7 Å². The number of hydrogen-bond donors (Lipinski definition) is 1. The van der Waals surface area contributed by atoms with Crippen LogP contribution in [0.25, 0.3) is 0 Å². The van der Waals surface area contributed by atoms with Gasteiger partial charge in [0.2, 0.25) is 11.0 Å². The third-order valence-corrected chi connectivity index (χ3v) is 5.50. The molecule has 0 saturated carbocycles. The van der Waals surface area contributed by atoms with Crippen LogP contribution in [0.4, 0.5) is 5.13 Å². The van der Waals surface area contributed by atoms with Crippen molar-refractivity contribution in [2.24, 2.45) is 5.92 Å². The summed E-state index contributed by atoms with van der Waals surface area (Å²) in [5, 5.41) is 3.94. The van der Waals surface area contributed by atoms with Crippen LogP contribution in [0.5, 0.6) is 0 Å². The molecule has 2 heterocycles. The van der Waals surface area contributed by atoms with E-state index in [0.717, 1.165) is 49.9 Å². The van der Waals surface area contributed by atoms with Crippen molar-refractivity contribution in [1.82, 2.24) is 14.7 Å². The second-order valence-electron chi connectivity index (χ2n) is 6.82. The monoisotopic (exact) mass is 374 g/mol. The lowest BCUT2D eigenvalue weighted by atomic mass is 9.97. The number of amides is 1. The van der Waals surface area contributed by atoms with Crippen molar-refractivity contribution in [2.45, 2.75) is 26.2 Å². The zero-order chi connectivity index (χ0) is 18.4. The summed E-state index contributed by atoms with van der Waals surface area (Å²) in [7, 11) is 1.53. The Hall–Kier alpha value is -1.99. The maximum absolute atomic E-state index is 11.5. The van der Waals surface area contributed by atoms with Crippen LogP contribution in [0.15, 0.2) is 24.3 Å². The number of methoxy groups -OCH3 is 1. The number of anilines is 1. The molecule has 1 amide bonds. The first kappa shape index (κ1) is 18.8. The van der Waals surface area contributed by atoms with Crippen molar-refractivity contribution in [2.75, 3.05) is 38.3 Å². The van der Waals surface area contributed by atoms with Crippen molar-refractivity contribution in [3.63, 3.8) is 0 Å². The standard InChI is InChI=1S/C19H26N4O2S/c1-14-3-5-15(6-4-14)11-17-21-19(26-22-17)23-9-7-16(8-10-23)12-20-18(24)13-25-2/h3-6,16H,7-13H2,1-2H3,(H,20,24). The molecule has 0 atom stereocenters. The number of rotatable bonds is 7. The first-order valence-corrected chi connectivity index (χ1v) is 9.80. The molecule has 140 valence electrons. The molecule has 6 nitrogen and oxygen atoms in total. The van der Waals surface area contributed by atoms with Crippen LogP contribution >= 0.6 is 11.5 Å². The van der Waals surface area contributed by atoms with Crippen molar-refractivity contribution < 1.29 is 9.53 Å². The Kier molecular flexibility index (Phi) is 6.57. The van der Waals surface area contributed by atoms with Gasteiger partial charge in [-0.1, -0.05) is 29.8 Å². The van der Waals surface area contributed by atoms with Gasteiger partial charge in [0.1, 0.15) is 12.4 Å². The Bertz CT molecular complexity index is 709. The third kappa shape index (κ3) is 5.25. The summed E-state index contributed by atoms with van der Waals surface area (Å²) in [6.07, 6.45) is 2.89. The van der Waals surface area contributed by atoms with Gasteiger partial charge in [-0.25, -0.2) is 4.98 Å². The molecular formula is C19H26N4O2S. The smallest absolute Gasteiger partial charge is 0.245 e. The van der Waals surface area contributed by atoms with Crippen LogP contribution in [0.1, 0.15) is 29.8 Å². The molecule has 1 fully saturated rings. The number of ether oxygens (including phenoxy) is 1. The highest BCUT2D eigenvalue weighted by molar-refractivity contribution is 7.09. The fraction of sp³-hybridized carbons (Fsp3) is 0.526. The number of nitrogens with zero attached hydrogens (tertiary/aromatic N) is 3. The van der Waals surface area contributed by atoms with Crippen molar-refractivity contribution >= 4 is 22.6 Å². The summed E-state index contributed by atoms with van der Waals surface area (Å²) in [5.74, 6) is 1.37. The molecular weight excluding hydrogens is 348 g/mol. The van der Waals surface area contributed by atoms with Crippen LogP contribution in [-0.2, 0) is 16.0 Å². The Balaban J connectivity index is 1.47. The minimum absolute atomic E-state index is 0.0419. The van der Waals surface area contributed by atoms with E-state index in [4.69, 9.17) is 9.72 Å². The normalized spacial score (nSPS) is 15.2. The molecule has 0 bridgehead atoms. The van der Waals surface area contributed by atoms with Gasteiger partial charge in [-0.15, -0.1) is 0 Å². The molecule has 7 heteroatoms. The summed E-state index contributed by atoms with van der Waals surface area (Å²) in [6, 6.07) is 8.52. The Morgan fingerprint density at radius 1 is 1.31 bits per heavy atom. The lowest BCUT2D eigenvalue weighted by Crippen LogP contribution is -2.39. The maximum atomic E-state index is 11.5. The number of aryl methyl sites for hydroxylation is 1. The molecule has 0 unspecified atom stereocenters. The van der Waals surface area contributed by atoms with Gasteiger partial charge < -0.3 is 15.0 Å². The number of carbonyl (C=O) groups excluding carboxylic acids is 1. The molecule has 3 rings (SSSR count). The van der Waals surface area contributed by atoms with Crippen molar-refractivity contribution in [3.8, 4) is 0 Å². The van der Waals surface area contributed by atoms with E-state index in [1.165, 1.54) is 29.8 Å². The lowest BCUT2D eigenvalue weighted by Gasteiger charge is -2.31. The van der Waals surface area contributed by atoms with E-state index in [1.807, 2.05) is 0 Å². The fourth-order valence-corrected chi connectivity index (χ4v) is 3.84. The second-order valence-corrected chi connectivity index (χ2v) is 7.55. The summed E-state index contributed by atoms with van der Waals surface area (Å²) >= 11 is 1.48. The molecule has 0 radical (unpaired) electrons. The highest BCUT2D eigenvalue weighted by Crippen LogP contribution is 2.25. The molecule has 0 aliphatic carbocycles. The van der Waals surface area contributed by atoms with Crippen LogP contribution in [0.3, 0.4) is 0 Å². The molecule has 2 aromatic rings. The maximum Gasteiger partial charge on any atom is 0.245 e. The molecule has 0 spiro atoms. The van der Waals surface area contributed by atoms with E-state index in [2.05, 4.69) is 45.8 Å². The lowest BCUT2D eigenvalue weighted by molar-refractivity contribution is -0.124. The van der Waals surface area contributed by atoms with Gasteiger partial charge >= 0.3 is 0 Å². The van der Waals surface area contributed by atoms with Crippen molar-refractivity contribution in [1.29, 1.82) is 0 Å². The van der Waals surface area contributed by atoms with Gasteiger partial charge in [0.15, 0.2) is 0 Å². The Morgan fingerprint density at radius 3 is 2.73 bits per heavy atom. The van der Waals surface area contributed by atoms with E-state index in [1.54, 1.807) is 0 Å². The predicted octanol–water partition coefficient (Wildman–Crippen LogP) is 2.42. The Labute approximate surface area is 158 Å². The highest BCUT2D eigenvalue weighted by Gasteiger charge is 2.22. The minimum atomic E-state index is -0.0419. The van der Waals surface area contributed by atoms with E-state index < -0.39 is 0 Å². The average Bonchev–Trinajstić information content (AvgIpc) is 3.11. The number of hydrogen-bond acceptors (Lipinski definition) is 6. The number of aromatic nitrogens is 2. The molecule has 1 aliphatic heterocycles. The van der Waals surface area contributed by atoms with Crippen molar-refractivity contribution in [3.05, 3.63) is 41.2 Å². The second kappa shape index (κ2) is 9.09. The molecule has 1 saturated heterocycles. The zero-order valence-electron chi connectivity index (χ0n) is 15.4. The van der Waals surface area contributed by atoms with Gasteiger partial charge in [-0.2, -0.15) is 4.37 Å². The zero-order valence-corrected chi connectivity index (χ0v) is 16.2. The largest absolute Gasteiger partial charge is 0.375 e. The van der Waals surface area contributed by atoms with E-state index >= 15 is 0 Å². The Morgan fingerprint density at radius 2 is 2.04 bits per heavy atom. The highest BCUT2D eigenvalue weighted by atomic mass is 32.1. The SMILES string of the molecule is COCC(=O)NCC1CCN(c2nc(Cc3ccc(C)cc3)ns2)CC1. The first-order valence-electron chi connectivity index (χ1n) is 9.02. The first-order chi connectivity index (χ1) is 12.6. The van der Waals surface area contributed by atoms with E-state index in [0.29, 0.717) is 5.92 Å². The summed E-state index contributed by atoms with van der Waals surface area (Å²) in [6.45, 7) is 4.88.